The summed E-state index contributed by atoms with van der Waals surface area (Å²) in [6, 6.07) is 6.95. The lowest BCUT2D eigenvalue weighted by Crippen LogP contribution is -2.50. The monoisotopic (exact) mass is 246 g/mol. The van der Waals surface area contributed by atoms with Crippen molar-refractivity contribution in [1.82, 2.24) is 0 Å². The fourth-order valence-electron chi connectivity index (χ4n) is 1.75. The van der Waals surface area contributed by atoms with E-state index >= 15 is 0 Å². The molecule has 0 aliphatic rings. The number of carbonyl (C=O) groups excluding carboxylic acids is 1. The molecule has 1 atom stereocenters. The van der Waals surface area contributed by atoms with Crippen molar-refractivity contribution in [2.75, 3.05) is 7.11 Å². The van der Waals surface area contributed by atoms with Gasteiger partial charge in [0.25, 0.3) is 0 Å². The van der Waals surface area contributed by atoms with E-state index in [1.807, 2.05) is 0 Å². The molecule has 2 nitrogen and oxygen atoms in total. The predicted octanol–water partition coefficient (Wildman–Crippen LogP) is 3.07. The van der Waals surface area contributed by atoms with E-state index in [2.05, 4.69) is 4.74 Å². The fraction of sp³-hybridized carbons (Fsp3) is 0.417. The van der Waals surface area contributed by atoms with Gasteiger partial charge >= 0.3 is 6.18 Å². The summed E-state index contributed by atoms with van der Waals surface area (Å²) in [5, 5.41) is 0. The number of ketones is 1. The highest BCUT2D eigenvalue weighted by molar-refractivity contribution is 5.89. The number of hydrogen-bond donors (Lipinski definition) is 0. The number of Topliss-reactive ketones (excluding diaryl/α,β-unsaturated/α-hetero) is 1. The van der Waals surface area contributed by atoms with Gasteiger partial charge in [-0.15, -0.1) is 0 Å². The van der Waals surface area contributed by atoms with Crippen LogP contribution in [-0.2, 0) is 15.1 Å². The Kier molecular flexibility index (Phi) is 3.93. The summed E-state index contributed by atoms with van der Waals surface area (Å²) in [5.41, 5.74) is -3.05. The average molecular weight is 246 g/mol. The first-order valence-electron chi connectivity index (χ1n) is 5.10. The van der Waals surface area contributed by atoms with E-state index in [1.54, 1.807) is 6.07 Å². The minimum Gasteiger partial charge on any atom is -0.358 e. The molecule has 0 radical (unpaired) electrons. The number of methoxy groups -OCH3 is 1. The topological polar surface area (TPSA) is 26.3 Å². The van der Waals surface area contributed by atoms with Crippen molar-refractivity contribution < 1.29 is 22.7 Å². The highest BCUT2D eigenvalue weighted by Gasteiger charge is 2.61. The second-order valence-corrected chi connectivity index (χ2v) is 3.53. The molecule has 0 amide bonds. The summed E-state index contributed by atoms with van der Waals surface area (Å²) in [6.45, 7) is 1.38. The Bertz CT molecular complexity index is 386. The fourth-order valence-corrected chi connectivity index (χ4v) is 1.75. The zero-order valence-electron chi connectivity index (χ0n) is 9.54. The van der Waals surface area contributed by atoms with E-state index in [1.165, 1.54) is 31.2 Å². The Labute approximate surface area is 97.4 Å². The number of hydrogen-bond acceptors (Lipinski definition) is 2. The molecule has 0 unspecified atom stereocenters. The summed E-state index contributed by atoms with van der Waals surface area (Å²) >= 11 is 0. The van der Waals surface area contributed by atoms with Crippen molar-refractivity contribution in [2.45, 2.75) is 25.1 Å². The average Bonchev–Trinajstić information content (AvgIpc) is 2.30. The van der Waals surface area contributed by atoms with Gasteiger partial charge in [0.05, 0.1) is 0 Å². The quantitative estimate of drug-likeness (QED) is 0.816. The van der Waals surface area contributed by atoms with E-state index in [4.69, 9.17) is 0 Å². The van der Waals surface area contributed by atoms with Gasteiger partial charge < -0.3 is 4.74 Å². The van der Waals surface area contributed by atoms with E-state index in [9.17, 15) is 18.0 Å². The highest BCUT2D eigenvalue weighted by Crippen LogP contribution is 2.43. The van der Waals surface area contributed by atoms with Crippen LogP contribution in [0.25, 0.3) is 0 Å². The Balaban J connectivity index is 3.43. The molecular weight excluding hydrogens is 233 g/mol. The number of ether oxygens (including phenoxy) is 1. The van der Waals surface area contributed by atoms with Crippen LogP contribution in [0.5, 0.6) is 0 Å². The third kappa shape index (κ3) is 2.20. The maximum atomic E-state index is 13.2. The smallest absolute Gasteiger partial charge is 0.358 e. The third-order valence-corrected chi connectivity index (χ3v) is 2.60. The van der Waals surface area contributed by atoms with Gasteiger partial charge in [-0.3, -0.25) is 4.79 Å². The van der Waals surface area contributed by atoms with Crippen LogP contribution in [0.1, 0.15) is 18.9 Å². The van der Waals surface area contributed by atoms with Crippen molar-refractivity contribution in [2.24, 2.45) is 0 Å². The summed E-state index contributed by atoms with van der Waals surface area (Å²) < 4.78 is 44.0. The molecule has 0 heterocycles. The van der Waals surface area contributed by atoms with Crippen LogP contribution in [0.3, 0.4) is 0 Å². The molecule has 0 N–H and O–H groups in total. The van der Waals surface area contributed by atoms with Crippen LogP contribution in [0.4, 0.5) is 13.2 Å². The van der Waals surface area contributed by atoms with Gasteiger partial charge in [-0.05, 0) is 0 Å². The summed E-state index contributed by atoms with van der Waals surface area (Å²) in [4.78, 5) is 11.7. The molecule has 0 aliphatic heterocycles. The van der Waals surface area contributed by atoms with E-state index < -0.39 is 17.6 Å². The molecule has 1 aromatic carbocycles. The molecule has 1 aromatic rings. The van der Waals surface area contributed by atoms with E-state index in [-0.39, 0.29) is 12.0 Å². The largest absolute Gasteiger partial charge is 0.428 e. The van der Waals surface area contributed by atoms with Crippen molar-refractivity contribution in [1.29, 1.82) is 0 Å². The van der Waals surface area contributed by atoms with Crippen molar-refractivity contribution in [3.05, 3.63) is 35.9 Å². The Hall–Kier alpha value is -1.36. The second kappa shape index (κ2) is 4.87. The van der Waals surface area contributed by atoms with Gasteiger partial charge in [0.1, 0.15) is 0 Å². The van der Waals surface area contributed by atoms with Crippen LogP contribution < -0.4 is 0 Å². The van der Waals surface area contributed by atoms with Gasteiger partial charge in [0.15, 0.2) is 5.78 Å². The van der Waals surface area contributed by atoms with Gasteiger partial charge in [0, 0.05) is 19.1 Å². The van der Waals surface area contributed by atoms with Crippen LogP contribution in [0, 0.1) is 0 Å². The van der Waals surface area contributed by atoms with Gasteiger partial charge in [0.2, 0.25) is 5.60 Å². The first kappa shape index (κ1) is 13.7. The van der Waals surface area contributed by atoms with Crippen LogP contribution in [-0.4, -0.2) is 19.1 Å². The standard InChI is InChI=1S/C12H13F3O2/c1-3-10(16)11(17-2,12(13,14)15)9-7-5-4-6-8-9/h4-8H,3H2,1-2H3/t11-/m1/s1. The molecule has 94 valence electrons. The molecular formula is C12H13F3O2. The highest BCUT2D eigenvalue weighted by atomic mass is 19.4. The molecule has 17 heavy (non-hydrogen) atoms. The number of halogens is 3. The first-order chi connectivity index (χ1) is 7.90. The van der Waals surface area contributed by atoms with Crippen molar-refractivity contribution >= 4 is 5.78 Å². The van der Waals surface area contributed by atoms with Gasteiger partial charge in [-0.25, -0.2) is 0 Å². The normalized spacial score (nSPS) is 15.4. The van der Waals surface area contributed by atoms with Crippen molar-refractivity contribution in [3.63, 3.8) is 0 Å². The zero-order valence-corrected chi connectivity index (χ0v) is 9.54. The molecule has 0 spiro atoms. The molecule has 0 saturated carbocycles. The number of rotatable bonds is 4. The molecule has 1 rings (SSSR count). The van der Waals surface area contributed by atoms with Gasteiger partial charge in [-0.1, -0.05) is 37.3 Å². The summed E-state index contributed by atoms with van der Waals surface area (Å²) in [6.07, 6.45) is -5.03. The SMILES string of the molecule is CCC(=O)[C@](OC)(c1ccccc1)C(F)(F)F. The zero-order chi connectivity index (χ0) is 13.1. The molecule has 0 aliphatic carbocycles. The van der Waals surface area contributed by atoms with Crippen LogP contribution >= 0.6 is 0 Å². The van der Waals surface area contributed by atoms with E-state index in [0.717, 1.165) is 7.11 Å². The minimum atomic E-state index is -4.78. The Morgan fingerprint density at radius 1 is 1.24 bits per heavy atom. The first-order valence-corrected chi connectivity index (χ1v) is 5.10. The van der Waals surface area contributed by atoms with Gasteiger partial charge in [-0.2, -0.15) is 13.2 Å². The summed E-state index contributed by atoms with van der Waals surface area (Å²) in [7, 11) is 0.897. The Morgan fingerprint density at radius 2 is 1.76 bits per heavy atom. The van der Waals surface area contributed by atoms with Crippen molar-refractivity contribution in [3.8, 4) is 0 Å². The maximum Gasteiger partial charge on any atom is 0.428 e. The number of carbonyl (C=O) groups is 1. The predicted molar refractivity (Wildman–Crippen MR) is 56.5 cm³/mol. The third-order valence-electron chi connectivity index (χ3n) is 2.60. The Morgan fingerprint density at radius 3 is 2.12 bits per heavy atom. The summed E-state index contributed by atoms with van der Waals surface area (Å²) in [5.74, 6) is -1.00. The number of benzene rings is 1. The lowest BCUT2D eigenvalue weighted by Gasteiger charge is -2.33. The van der Waals surface area contributed by atoms with E-state index in [0.29, 0.717) is 0 Å². The number of alkyl halides is 3. The molecule has 0 aromatic heterocycles. The molecule has 0 bridgehead atoms. The minimum absolute atomic E-state index is 0.193. The molecule has 0 saturated heterocycles. The van der Waals surface area contributed by atoms with Crippen LogP contribution in [0.2, 0.25) is 0 Å². The molecule has 0 fully saturated rings. The molecule has 5 heteroatoms. The second-order valence-electron chi connectivity index (χ2n) is 3.53. The maximum absolute atomic E-state index is 13.2. The van der Waals surface area contributed by atoms with Crippen LogP contribution in [0.15, 0.2) is 30.3 Å². The lowest BCUT2D eigenvalue weighted by atomic mass is 9.87. The lowest BCUT2D eigenvalue weighted by molar-refractivity contribution is -0.264.